The first-order chi connectivity index (χ1) is 22.4. The number of urea groups is 1. The molecule has 0 aromatic rings. The Morgan fingerprint density at radius 1 is 0.979 bits per heavy atom. The van der Waals surface area contributed by atoms with E-state index in [-0.39, 0.29) is 35.0 Å². The van der Waals surface area contributed by atoms with Gasteiger partial charge < -0.3 is 31.3 Å². The lowest BCUT2D eigenvalue weighted by Crippen LogP contribution is -2.65. The second-order valence-electron chi connectivity index (χ2n) is 17.0. The minimum atomic E-state index is -3.34. The molecule has 3 saturated carbocycles. The number of carbonyl (C=O) groups excluding carboxylic acids is 4. The van der Waals surface area contributed by atoms with Gasteiger partial charge >= 0.3 is 6.03 Å². The molecular formula is C35H59N5O7S. The largest absolute Gasteiger partial charge is 0.381 e. The third kappa shape index (κ3) is 7.51. The van der Waals surface area contributed by atoms with Crippen molar-refractivity contribution < 1.29 is 32.7 Å². The number of aliphatic hydroxyl groups excluding tert-OH is 1. The highest BCUT2D eigenvalue weighted by Crippen LogP contribution is 2.65. The van der Waals surface area contributed by atoms with E-state index >= 15 is 0 Å². The highest BCUT2D eigenvalue weighted by Gasteiger charge is 2.70. The lowest BCUT2D eigenvalue weighted by molar-refractivity contribution is -0.144. The summed E-state index contributed by atoms with van der Waals surface area (Å²) in [6.45, 7) is 12.1. The van der Waals surface area contributed by atoms with Gasteiger partial charge in [0, 0.05) is 12.6 Å². The van der Waals surface area contributed by atoms with Crippen LogP contribution in [0.4, 0.5) is 4.79 Å². The van der Waals surface area contributed by atoms with Gasteiger partial charge in [0.1, 0.15) is 12.1 Å². The Morgan fingerprint density at radius 3 is 2.21 bits per heavy atom. The highest BCUT2D eigenvalue weighted by molar-refractivity contribution is 7.92. The number of likely N-dealkylation sites (tertiary alicyclic amines) is 1. The number of aliphatic hydroxyl groups is 1. The number of unbranched alkanes of at least 4 members (excludes halogenated alkanes) is 1. The topological polar surface area (TPSA) is 174 Å². The van der Waals surface area contributed by atoms with Crippen LogP contribution in [0.15, 0.2) is 0 Å². The summed E-state index contributed by atoms with van der Waals surface area (Å²) in [6, 6.07) is -3.10. The first kappa shape index (κ1) is 36.9. The van der Waals surface area contributed by atoms with E-state index in [1.54, 1.807) is 4.90 Å². The predicted octanol–water partition coefficient (Wildman–Crippen LogP) is 2.78. The Hall–Kier alpha value is -2.41. The summed E-state index contributed by atoms with van der Waals surface area (Å²) < 4.78 is 26.1. The third-order valence-corrected chi connectivity index (χ3v) is 14.4. The minimum absolute atomic E-state index is 0.0697. The van der Waals surface area contributed by atoms with Crippen molar-refractivity contribution in [3.8, 4) is 0 Å². The number of fused-ring (bicyclic) bond motifs is 1. The number of amides is 5. The summed E-state index contributed by atoms with van der Waals surface area (Å²) in [5.41, 5.74) is -1.76. The molecule has 13 heteroatoms. The van der Waals surface area contributed by atoms with Crippen LogP contribution in [0.2, 0.25) is 0 Å². The fourth-order valence-electron chi connectivity index (χ4n) is 8.84. The van der Waals surface area contributed by atoms with E-state index in [0.29, 0.717) is 45.1 Å². The van der Waals surface area contributed by atoms with E-state index < -0.39 is 68.1 Å². The second kappa shape index (κ2) is 13.7. The normalized spacial score (nSPS) is 30.4. The van der Waals surface area contributed by atoms with Gasteiger partial charge in [0.05, 0.1) is 22.6 Å². The van der Waals surface area contributed by atoms with E-state index in [0.717, 1.165) is 38.5 Å². The van der Waals surface area contributed by atoms with Gasteiger partial charge in [-0.1, -0.05) is 73.6 Å². The van der Waals surface area contributed by atoms with Crippen LogP contribution < -0.4 is 21.3 Å². The molecule has 2 heterocycles. The molecule has 12 nitrogen and oxygen atoms in total. The Bertz CT molecular complexity index is 1350. The van der Waals surface area contributed by atoms with Crippen molar-refractivity contribution in [3.05, 3.63) is 0 Å². The summed E-state index contributed by atoms with van der Waals surface area (Å²) in [5, 5.41) is 22.2. The van der Waals surface area contributed by atoms with Gasteiger partial charge in [-0.05, 0) is 67.6 Å². The van der Waals surface area contributed by atoms with E-state index in [9.17, 15) is 32.7 Å². The van der Waals surface area contributed by atoms with Crippen LogP contribution in [0.1, 0.15) is 119 Å². The molecule has 5 amide bonds. The van der Waals surface area contributed by atoms with E-state index in [1.165, 1.54) is 0 Å². The Kier molecular flexibility index (Phi) is 10.5. The molecule has 48 heavy (non-hydrogen) atoms. The molecule has 0 radical (unpaired) electrons. The summed E-state index contributed by atoms with van der Waals surface area (Å²) in [5.74, 6) is -1.13. The molecule has 7 atom stereocenters. The van der Waals surface area contributed by atoms with Gasteiger partial charge in [-0.2, -0.15) is 0 Å². The SMILES string of the molecule is CCCC[C@H](NC(=O)[C@@H]1[C@@H]2[C@H](CN1C(=O)[C@@H](NC(=O)NC1([C@H]3CCCS3(=O)=O)CCCCC1)C(C)(C)C)C2(C)C)C(O)C(=O)NC1CC1. The second-order valence-corrected chi connectivity index (χ2v) is 19.3. The minimum Gasteiger partial charge on any atom is -0.381 e. The summed E-state index contributed by atoms with van der Waals surface area (Å²) in [4.78, 5) is 56.7. The van der Waals surface area contributed by atoms with Crippen molar-refractivity contribution in [2.24, 2.45) is 22.7 Å². The smallest absolute Gasteiger partial charge is 0.315 e. The van der Waals surface area contributed by atoms with Crippen LogP contribution in [0, 0.1) is 22.7 Å². The van der Waals surface area contributed by atoms with E-state index in [4.69, 9.17) is 0 Å². The van der Waals surface area contributed by atoms with Crippen molar-refractivity contribution in [2.45, 2.75) is 160 Å². The molecule has 2 aliphatic heterocycles. The molecule has 272 valence electrons. The maximum absolute atomic E-state index is 14.5. The standard InChI is InChI=1S/C35H59N5O7S/c1-7-8-13-23(27(41)30(43)36-21-15-16-21)37-29(42)26-25-22(34(25,5)6)20-40(26)31(44)28(33(2,3)4)38-32(45)39-35(17-10-9-11-18-35)24-14-12-19-48(24,46)47/h21-28,41H,7-20H2,1-6H3,(H,36,43)(H,37,42)(H2,38,39,45)/t22-,23-,24+,25-,26-,27?,28+/m0/s1. The molecule has 2 saturated heterocycles. The van der Waals surface area contributed by atoms with Crippen molar-refractivity contribution in [1.29, 1.82) is 0 Å². The molecule has 5 fully saturated rings. The summed E-state index contributed by atoms with van der Waals surface area (Å²) in [7, 11) is -3.34. The molecule has 5 aliphatic rings. The third-order valence-electron chi connectivity index (χ3n) is 12.0. The number of piperidine rings is 1. The van der Waals surface area contributed by atoms with Gasteiger partial charge in [-0.3, -0.25) is 14.4 Å². The molecular weight excluding hydrogens is 634 g/mol. The van der Waals surface area contributed by atoms with Crippen molar-refractivity contribution in [1.82, 2.24) is 26.2 Å². The lowest BCUT2D eigenvalue weighted by atomic mass is 9.78. The van der Waals surface area contributed by atoms with Crippen LogP contribution in [0.25, 0.3) is 0 Å². The number of hydrogen-bond acceptors (Lipinski definition) is 7. The average molecular weight is 694 g/mol. The maximum atomic E-state index is 14.5. The Labute approximate surface area is 286 Å². The van der Waals surface area contributed by atoms with Crippen LogP contribution in [-0.4, -0.2) is 95.5 Å². The molecule has 0 aromatic heterocycles. The number of carbonyl (C=O) groups is 4. The zero-order chi connectivity index (χ0) is 35.2. The number of rotatable bonds is 12. The number of nitrogens with one attached hydrogen (secondary N) is 4. The molecule has 3 aliphatic carbocycles. The Balaban J connectivity index is 1.34. The number of sulfone groups is 1. The maximum Gasteiger partial charge on any atom is 0.315 e. The molecule has 0 bridgehead atoms. The first-order valence-electron chi connectivity index (χ1n) is 18.3. The molecule has 5 N–H and O–H groups in total. The van der Waals surface area contributed by atoms with Gasteiger partial charge in [0.25, 0.3) is 5.91 Å². The van der Waals surface area contributed by atoms with Crippen molar-refractivity contribution in [3.63, 3.8) is 0 Å². The quantitative estimate of drug-likeness (QED) is 0.209. The molecule has 0 spiro atoms. The molecule has 1 unspecified atom stereocenters. The van der Waals surface area contributed by atoms with Gasteiger partial charge in [0.2, 0.25) is 11.8 Å². The highest BCUT2D eigenvalue weighted by atomic mass is 32.2. The lowest BCUT2D eigenvalue weighted by Gasteiger charge is -2.43. The van der Waals surface area contributed by atoms with Gasteiger partial charge in [-0.25, -0.2) is 13.2 Å². The Morgan fingerprint density at radius 2 is 1.65 bits per heavy atom. The number of hydrogen-bond donors (Lipinski definition) is 5. The van der Waals surface area contributed by atoms with Crippen molar-refractivity contribution >= 4 is 33.6 Å². The van der Waals surface area contributed by atoms with Crippen LogP contribution >= 0.6 is 0 Å². The summed E-state index contributed by atoms with van der Waals surface area (Å²) in [6.07, 6.45) is 7.20. The average Bonchev–Trinajstić information content (AvgIpc) is 3.79. The van der Waals surface area contributed by atoms with Crippen LogP contribution in [0.3, 0.4) is 0 Å². The fraction of sp³-hybridized carbons (Fsp3) is 0.886. The van der Waals surface area contributed by atoms with E-state index in [2.05, 4.69) is 35.1 Å². The van der Waals surface area contributed by atoms with Crippen LogP contribution in [-0.2, 0) is 24.2 Å². The molecule has 0 aromatic carbocycles. The predicted molar refractivity (Wildman–Crippen MR) is 182 cm³/mol. The monoisotopic (exact) mass is 693 g/mol. The van der Waals surface area contributed by atoms with E-state index in [1.807, 2.05) is 27.7 Å². The van der Waals surface area contributed by atoms with Crippen molar-refractivity contribution in [2.75, 3.05) is 12.3 Å². The summed E-state index contributed by atoms with van der Waals surface area (Å²) >= 11 is 0. The van der Waals surface area contributed by atoms with Crippen LogP contribution in [0.5, 0.6) is 0 Å². The number of nitrogens with zero attached hydrogens (tertiary/aromatic N) is 1. The molecule has 5 rings (SSSR count). The zero-order valence-corrected chi connectivity index (χ0v) is 30.6. The zero-order valence-electron chi connectivity index (χ0n) is 29.8. The fourth-order valence-corrected chi connectivity index (χ4v) is 11.2. The van der Waals surface area contributed by atoms with Gasteiger partial charge in [-0.15, -0.1) is 0 Å². The first-order valence-corrected chi connectivity index (χ1v) is 20.0. The van der Waals surface area contributed by atoms with Gasteiger partial charge in [0.15, 0.2) is 15.9 Å².